The fourth-order valence-corrected chi connectivity index (χ4v) is 2.35. The van der Waals surface area contributed by atoms with Crippen molar-refractivity contribution < 1.29 is 22.7 Å². The van der Waals surface area contributed by atoms with Crippen LogP contribution >= 0.6 is 12.4 Å². The molecule has 8 heteroatoms. The molecule has 0 radical (unpaired) electrons. The number of hydrogen-bond donors (Lipinski definition) is 1. The molecule has 1 aliphatic heterocycles. The number of benzene rings is 1. The summed E-state index contributed by atoms with van der Waals surface area (Å²) < 4.78 is 40.0. The Kier molecular flexibility index (Phi) is 5.70. The van der Waals surface area contributed by atoms with Gasteiger partial charge in [-0.25, -0.2) is 0 Å². The summed E-state index contributed by atoms with van der Waals surface area (Å²) >= 11 is 0. The molecule has 2 N–H and O–H groups in total. The van der Waals surface area contributed by atoms with Crippen LogP contribution in [0, 0.1) is 5.41 Å². The molecule has 1 aromatic carbocycles. The molecular weight excluding hydrogens is 321 g/mol. The summed E-state index contributed by atoms with van der Waals surface area (Å²) in [6.07, 6.45) is -3.91. The standard InChI is InChI=1S/C14H17F3N2O2.ClH/c1-13(8-18)6-7-19(9-13)12(20)10-2-4-11(5-3-10)21-14(15,16)17;/h2-5H,6-9,18H2,1H3;1H. The number of ether oxygens (including phenoxy) is 1. The van der Waals surface area contributed by atoms with E-state index in [1.165, 1.54) is 12.1 Å². The van der Waals surface area contributed by atoms with Gasteiger partial charge in [0.15, 0.2) is 0 Å². The predicted molar refractivity (Wildman–Crippen MR) is 78.1 cm³/mol. The molecule has 124 valence electrons. The number of carbonyl (C=O) groups is 1. The summed E-state index contributed by atoms with van der Waals surface area (Å²) in [6, 6.07) is 4.95. The zero-order valence-electron chi connectivity index (χ0n) is 12.0. The number of rotatable bonds is 3. The van der Waals surface area contributed by atoms with Crippen LogP contribution in [0.2, 0.25) is 0 Å². The van der Waals surface area contributed by atoms with Crippen molar-refractivity contribution in [2.45, 2.75) is 19.7 Å². The molecular formula is C14H18ClF3N2O2. The molecule has 2 rings (SSSR count). The number of nitrogens with zero attached hydrogens (tertiary/aromatic N) is 1. The van der Waals surface area contributed by atoms with Crippen LogP contribution in [0.1, 0.15) is 23.7 Å². The van der Waals surface area contributed by atoms with Gasteiger partial charge in [-0.1, -0.05) is 6.92 Å². The first-order chi connectivity index (χ1) is 9.72. The maximum Gasteiger partial charge on any atom is 0.573 e. The van der Waals surface area contributed by atoms with Gasteiger partial charge in [0.1, 0.15) is 5.75 Å². The smallest absolute Gasteiger partial charge is 0.406 e. The van der Waals surface area contributed by atoms with Crippen molar-refractivity contribution in [1.29, 1.82) is 0 Å². The number of likely N-dealkylation sites (tertiary alicyclic amines) is 1. The van der Waals surface area contributed by atoms with Crippen LogP contribution in [0.5, 0.6) is 5.75 Å². The van der Waals surface area contributed by atoms with E-state index in [0.717, 1.165) is 18.6 Å². The summed E-state index contributed by atoms with van der Waals surface area (Å²) in [5, 5.41) is 0. The van der Waals surface area contributed by atoms with Gasteiger partial charge in [0, 0.05) is 18.7 Å². The van der Waals surface area contributed by atoms with Gasteiger partial charge in [-0.15, -0.1) is 25.6 Å². The van der Waals surface area contributed by atoms with E-state index in [-0.39, 0.29) is 29.5 Å². The topological polar surface area (TPSA) is 55.6 Å². The third kappa shape index (κ3) is 4.51. The van der Waals surface area contributed by atoms with E-state index in [1.807, 2.05) is 6.92 Å². The van der Waals surface area contributed by atoms with Crippen molar-refractivity contribution in [3.63, 3.8) is 0 Å². The molecule has 1 saturated heterocycles. The van der Waals surface area contributed by atoms with Crippen LogP contribution in [0.4, 0.5) is 13.2 Å². The molecule has 4 nitrogen and oxygen atoms in total. The zero-order valence-corrected chi connectivity index (χ0v) is 12.8. The van der Waals surface area contributed by atoms with Gasteiger partial charge in [-0.3, -0.25) is 4.79 Å². The van der Waals surface area contributed by atoms with E-state index in [2.05, 4.69) is 4.74 Å². The van der Waals surface area contributed by atoms with E-state index in [1.54, 1.807) is 4.90 Å². The molecule has 1 unspecified atom stereocenters. The molecule has 0 saturated carbocycles. The molecule has 1 heterocycles. The highest BCUT2D eigenvalue weighted by atomic mass is 35.5. The molecule has 0 bridgehead atoms. The Morgan fingerprint density at radius 3 is 2.41 bits per heavy atom. The van der Waals surface area contributed by atoms with Crippen molar-refractivity contribution in [3.05, 3.63) is 29.8 Å². The summed E-state index contributed by atoms with van der Waals surface area (Å²) in [5.74, 6) is -0.544. The van der Waals surface area contributed by atoms with Crippen LogP contribution < -0.4 is 10.5 Å². The van der Waals surface area contributed by atoms with Crippen molar-refractivity contribution in [3.8, 4) is 5.75 Å². The minimum absolute atomic E-state index is 0. The molecule has 0 spiro atoms. The van der Waals surface area contributed by atoms with Crippen molar-refractivity contribution in [1.82, 2.24) is 4.90 Å². The Hall–Kier alpha value is -1.47. The van der Waals surface area contributed by atoms with Crippen molar-refractivity contribution in [2.24, 2.45) is 11.1 Å². The first-order valence-electron chi connectivity index (χ1n) is 6.58. The lowest BCUT2D eigenvalue weighted by molar-refractivity contribution is -0.274. The lowest BCUT2D eigenvalue weighted by Gasteiger charge is -2.22. The summed E-state index contributed by atoms with van der Waals surface area (Å²) in [6.45, 7) is 3.67. The third-order valence-electron chi connectivity index (χ3n) is 3.67. The SMILES string of the molecule is CC1(CN)CCN(C(=O)c2ccc(OC(F)(F)F)cc2)C1.Cl. The summed E-state index contributed by atoms with van der Waals surface area (Å²) in [5.41, 5.74) is 5.94. The van der Waals surface area contributed by atoms with E-state index in [9.17, 15) is 18.0 Å². The lowest BCUT2D eigenvalue weighted by atomic mass is 9.90. The number of hydrogen-bond acceptors (Lipinski definition) is 3. The second-order valence-electron chi connectivity index (χ2n) is 5.56. The predicted octanol–water partition coefficient (Wildman–Crippen LogP) is 2.82. The fourth-order valence-electron chi connectivity index (χ4n) is 2.35. The molecule has 1 fully saturated rings. The number of carbonyl (C=O) groups excluding carboxylic acids is 1. The Bertz CT molecular complexity index is 522. The Morgan fingerprint density at radius 1 is 1.36 bits per heavy atom. The van der Waals surface area contributed by atoms with Gasteiger partial charge >= 0.3 is 6.36 Å². The molecule has 1 atom stereocenters. The summed E-state index contributed by atoms with van der Waals surface area (Å²) in [4.78, 5) is 13.9. The number of halogens is 4. The first-order valence-corrected chi connectivity index (χ1v) is 6.58. The lowest BCUT2D eigenvalue weighted by Crippen LogP contribution is -2.34. The van der Waals surface area contributed by atoms with E-state index < -0.39 is 6.36 Å². The fraction of sp³-hybridized carbons (Fsp3) is 0.500. The average Bonchev–Trinajstić information content (AvgIpc) is 2.80. The van der Waals surface area contributed by atoms with Crippen molar-refractivity contribution >= 4 is 18.3 Å². The van der Waals surface area contributed by atoms with E-state index in [4.69, 9.17) is 5.73 Å². The summed E-state index contributed by atoms with van der Waals surface area (Å²) in [7, 11) is 0. The van der Waals surface area contributed by atoms with Crippen LogP contribution in [0.15, 0.2) is 24.3 Å². The van der Waals surface area contributed by atoms with Crippen LogP contribution in [0.3, 0.4) is 0 Å². The minimum atomic E-state index is -4.73. The largest absolute Gasteiger partial charge is 0.573 e. The van der Waals surface area contributed by atoms with Gasteiger partial charge < -0.3 is 15.4 Å². The number of amides is 1. The Morgan fingerprint density at radius 2 is 1.95 bits per heavy atom. The van der Waals surface area contributed by atoms with Crippen LogP contribution in [-0.2, 0) is 0 Å². The molecule has 1 aromatic rings. The van der Waals surface area contributed by atoms with Gasteiger partial charge in [0.05, 0.1) is 0 Å². The van der Waals surface area contributed by atoms with Gasteiger partial charge in [0.2, 0.25) is 0 Å². The molecule has 1 amide bonds. The molecule has 0 aliphatic carbocycles. The zero-order chi connectivity index (χ0) is 15.7. The number of alkyl halides is 3. The number of nitrogens with two attached hydrogens (primary N) is 1. The maximum atomic E-state index is 12.3. The highest BCUT2D eigenvalue weighted by Crippen LogP contribution is 2.30. The normalized spacial score (nSPS) is 21.4. The average molecular weight is 339 g/mol. The van der Waals surface area contributed by atoms with E-state index in [0.29, 0.717) is 25.2 Å². The Labute approximate surface area is 132 Å². The highest BCUT2D eigenvalue weighted by Gasteiger charge is 2.35. The molecule has 22 heavy (non-hydrogen) atoms. The first kappa shape index (κ1) is 18.6. The quantitative estimate of drug-likeness (QED) is 0.922. The highest BCUT2D eigenvalue weighted by molar-refractivity contribution is 5.94. The maximum absolute atomic E-state index is 12.3. The van der Waals surface area contributed by atoms with Crippen molar-refractivity contribution in [2.75, 3.05) is 19.6 Å². The second kappa shape index (κ2) is 6.75. The third-order valence-corrected chi connectivity index (χ3v) is 3.67. The monoisotopic (exact) mass is 338 g/mol. The van der Waals surface area contributed by atoms with Crippen LogP contribution in [0.25, 0.3) is 0 Å². The Balaban J connectivity index is 0.00000242. The second-order valence-corrected chi connectivity index (χ2v) is 5.56. The van der Waals surface area contributed by atoms with Gasteiger partial charge in [-0.05, 0) is 42.6 Å². The van der Waals surface area contributed by atoms with Gasteiger partial charge in [0.25, 0.3) is 5.91 Å². The minimum Gasteiger partial charge on any atom is -0.406 e. The van der Waals surface area contributed by atoms with Gasteiger partial charge in [-0.2, -0.15) is 0 Å². The van der Waals surface area contributed by atoms with Crippen LogP contribution in [-0.4, -0.2) is 36.8 Å². The molecule has 1 aliphatic rings. The van der Waals surface area contributed by atoms with E-state index >= 15 is 0 Å². The molecule has 0 aromatic heterocycles.